The number of hydrogen-bond donors (Lipinski definition) is 5. The topological polar surface area (TPSA) is 173 Å². The van der Waals surface area contributed by atoms with Crippen LogP contribution < -0.4 is 21.7 Å². The van der Waals surface area contributed by atoms with Crippen LogP contribution >= 0.6 is 0 Å². The van der Waals surface area contributed by atoms with Crippen molar-refractivity contribution in [3.8, 4) is 5.69 Å². The maximum Gasteiger partial charge on any atom is 0.404 e. The van der Waals surface area contributed by atoms with Crippen LogP contribution in [0.1, 0.15) is 36.8 Å². The molecule has 0 bridgehead atoms. The van der Waals surface area contributed by atoms with E-state index in [9.17, 15) is 14.0 Å². The highest BCUT2D eigenvalue weighted by molar-refractivity contribution is 5.98. The highest BCUT2D eigenvalue weighted by Crippen LogP contribution is 2.26. The van der Waals surface area contributed by atoms with Crippen molar-refractivity contribution in [3.05, 3.63) is 47.8 Å². The number of nitrogens with two attached hydrogens (primary N) is 1. The van der Waals surface area contributed by atoms with Crippen LogP contribution in [-0.2, 0) is 0 Å². The molecule has 6 N–H and O–H groups in total. The maximum absolute atomic E-state index is 14.9. The van der Waals surface area contributed by atoms with Crippen LogP contribution in [0.25, 0.3) is 5.69 Å². The lowest BCUT2D eigenvalue weighted by atomic mass is 9.97. The first kappa shape index (κ1) is 24.4. The Morgan fingerprint density at radius 1 is 1.15 bits per heavy atom. The molecule has 3 aromatic rings. The molecule has 0 fully saturated rings. The van der Waals surface area contributed by atoms with Crippen molar-refractivity contribution in [2.45, 2.75) is 39.8 Å². The van der Waals surface area contributed by atoms with Gasteiger partial charge in [0.05, 0.1) is 35.5 Å². The number of amides is 2. The Bertz CT molecular complexity index is 1180. The van der Waals surface area contributed by atoms with E-state index in [2.05, 4.69) is 36.1 Å². The number of carbonyl (C=O) groups is 2. The molecule has 3 rings (SSSR count). The number of nitrogens with zero attached hydrogens (tertiary/aromatic N) is 5. The summed E-state index contributed by atoms with van der Waals surface area (Å²) in [6.45, 7) is 7.15. The SMILES string of the molecule is Cc1ncc(Nc2nc(N[C@H](C(C)C)[C@H](C)NC(=O)O)c(F)cc2C(N)=O)cc1-n1nccn1. The van der Waals surface area contributed by atoms with Crippen LogP contribution in [0.4, 0.5) is 26.5 Å². The van der Waals surface area contributed by atoms with E-state index in [1.54, 1.807) is 19.9 Å². The van der Waals surface area contributed by atoms with Crippen LogP contribution in [0.15, 0.2) is 30.7 Å². The number of anilines is 3. The molecule has 2 amide bonds. The molecule has 2 atom stereocenters. The van der Waals surface area contributed by atoms with Crippen molar-refractivity contribution < 1.29 is 19.1 Å². The van der Waals surface area contributed by atoms with Gasteiger partial charge >= 0.3 is 6.09 Å². The number of aromatic nitrogens is 5. The Balaban J connectivity index is 1.98. The van der Waals surface area contributed by atoms with E-state index < -0.39 is 29.9 Å². The van der Waals surface area contributed by atoms with Gasteiger partial charge in [-0.15, -0.1) is 4.80 Å². The number of carboxylic acid groups (broad SMARTS) is 1. The van der Waals surface area contributed by atoms with Gasteiger partial charge in [-0.05, 0) is 31.9 Å². The molecule has 0 spiro atoms. The summed E-state index contributed by atoms with van der Waals surface area (Å²) in [5.74, 6) is -1.94. The van der Waals surface area contributed by atoms with E-state index in [4.69, 9.17) is 10.8 Å². The first-order chi connectivity index (χ1) is 16.1. The zero-order chi connectivity index (χ0) is 25.0. The first-order valence-corrected chi connectivity index (χ1v) is 10.4. The van der Waals surface area contributed by atoms with Gasteiger partial charge in [-0.25, -0.2) is 14.2 Å². The van der Waals surface area contributed by atoms with Gasteiger partial charge in [0.1, 0.15) is 11.5 Å². The molecule has 0 aromatic carbocycles. The second-order valence-electron chi connectivity index (χ2n) is 8.00. The van der Waals surface area contributed by atoms with Gasteiger partial charge in [0.15, 0.2) is 11.6 Å². The Hall–Kier alpha value is -4.29. The molecule has 180 valence electrons. The summed E-state index contributed by atoms with van der Waals surface area (Å²) in [6.07, 6.45) is 3.36. The lowest BCUT2D eigenvalue weighted by Crippen LogP contribution is -2.47. The lowest BCUT2D eigenvalue weighted by molar-refractivity contribution is 0.1000. The number of hydrogen-bond acceptors (Lipinski definition) is 8. The first-order valence-electron chi connectivity index (χ1n) is 10.4. The Morgan fingerprint density at radius 2 is 1.82 bits per heavy atom. The smallest absolute Gasteiger partial charge is 0.404 e. The minimum absolute atomic E-state index is 0.00257. The second kappa shape index (κ2) is 10.1. The molecule has 0 aliphatic rings. The number of aryl methyl sites for hydroxylation is 1. The number of rotatable bonds is 9. The molecule has 0 aliphatic heterocycles. The fourth-order valence-corrected chi connectivity index (χ4v) is 3.45. The zero-order valence-electron chi connectivity index (χ0n) is 19.1. The minimum atomic E-state index is -1.20. The van der Waals surface area contributed by atoms with Crippen LogP contribution in [0.5, 0.6) is 0 Å². The molecule has 3 heterocycles. The van der Waals surface area contributed by atoms with Gasteiger partial charge in [0.2, 0.25) is 0 Å². The summed E-state index contributed by atoms with van der Waals surface area (Å²) in [5, 5.41) is 25.5. The molecule has 0 aliphatic carbocycles. The molecule has 12 nitrogen and oxygen atoms in total. The predicted octanol–water partition coefficient (Wildman–Crippen LogP) is 2.44. The van der Waals surface area contributed by atoms with Crippen molar-refractivity contribution in [1.29, 1.82) is 0 Å². The number of halogens is 1. The van der Waals surface area contributed by atoms with E-state index in [1.165, 1.54) is 23.4 Å². The normalized spacial score (nSPS) is 12.8. The third kappa shape index (κ3) is 5.54. The Morgan fingerprint density at radius 3 is 2.41 bits per heavy atom. The summed E-state index contributed by atoms with van der Waals surface area (Å²) < 4.78 is 14.9. The molecule has 0 unspecified atom stereocenters. The molecule has 0 radical (unpaired) electrons. The summed E-state index contributed by atoms with van der Waals surface area (Å²) in [5.41, 5.74) is 6.97. The Kier molecular flexibility index (Phi) is 7.24. The lowest BCUT2D eigenvalue weighted by Gasteiger charge is -2.29. The van der Waals surface area contributed by atoms with Crippen molar-refractivity contribution >= 4 is 29.3 Å². The van der Waals surface area contributed by atoms with Crippen LogP contribution in [0, 0.1) is 18.7 Å². The monoisotopic (exact) mass is 471 g/mol. The minimum Gasteiger partial charge on any atom is -0.465 e. The standard InChI is InChI=1S/C21H26FN9O3/c1-10(2)17(12(4)27-21(33)34)29-20-15(22)8-14(18(23)32)19(30-20)28-13-7-16(11(3)24-9-13)31-25-5-6-26-31/h5-10,12,17,27H,1-4H3,(H2,23,32)(H,33,34)(H2,28,29,30)/t12-,17+/m0/s1. The van der Waals surface area contributed by atoms with Crippen molar-refractivity contribution in [3.63, 3.8) is 0 Å². The molecule has 0 saturated heterocycles. The predicted molar refractivity (Wildman–Crippen MR) is 123 cm³/mol. The highest BCUT2D eigenvalue weighted by Gasteiger charge is 2.25. The van der Waals surface area contributed by atoms with Gasteiger partial charge in [-0.1, -0.05) is 13.8 Å². The number of primary amides is 1. The van der Waals surface area contributed by atoms with Crippen molar-refractivity contribution in [1.82, 2.24) is 30.3 Å². The summed E-state index contributed by atoms with van der Waals surface area (Å²) in [4.78, 5) is 33.0. The fourth-order valence-electron chi connectivity index (χ4n) is 3.45. The van der Waals surface area contributed by atoms with Gasteiger partial charge in [0, 0.05) is 12.1 Å². The summed E-state index contributed by atoms with van der Waals surface area (Å²) in [6, 6.07) is 1.62. The van der Waals surface area contributed by atoms with E-state index in [0.29, 0.717) is 17.1 Å². The summed E-state index contributed by atoms with van der Waals surface area (Å²) >= 11 is 0. The van der Waals surface area contributed by atoms with Gasteiger partial charge < -0.3 is 26.8 Å². The molecule has 3 aromatic heterocycles. The highest BCUT2D eigenvalue weighted by atomic mass is 19.1. The van der Waals surface area contributed by atoms with Crippen LogP contribution in [-0.4, -0.2) is 54.2 Å². The largest absolute Gasteiger partial charge is 0.465 e. The van der Waals surface area contributed by atoms with E-state index in [0.717, 1.165) is 6.07 Å². The van der Waals surface area contributed by atoms with Gasteiger partial charge in [-0.3, -0.25) is 9.78 Å². The average molecular weight is 471 g/mol. The third-order valence-corrected chi connectivity index (χ3v) is 5.11. The van der Waals surface area contributed by atoms with E-state index >= 15 is 0 Å². The molecular weight excluding hydrogens is 445 g/mol. The van der Waals surface area contributed by atoms with Crippen LogP contribution in [0.2, 0.25) is 0 Å². The molecule has 34 heavy (non-hydrogen) atoms. The number of nitrogens with one attached hydrogen (secondary N) is 3. The quantitative estimate of drug-likeness (QED) is 0.314. The molecule has 0 saturated carbocycles. The Labute approximate surface area is 194 Å². The van der Waals surface area contributed by atoms with Crippen LogP contribution in [0.3, 0.4) is 0 Å². The van der Waals surface area contributed by atoms with Gasteiger partial charge in [-0.2, -0.15) is 10.2 Å². The zero-order valence-corrected chi connectivity index (χ0v) is 19.1. The van der Waals surface area contributed by atoms with E-state index in [1.807, 2.05) is 13.8 Å². The number of pyridine rings is 2. The van der Waals surface area contributed by atoms with Gasteiger partial charge in [0.25, 0.3) is 5.91 Å². The fraction of sp³-hybridized carbons (Fsp3) is 0.333. The maximum atomic E-state index is 14.9. The van der Waals surface area contributed by atoms with Crippen molar-refractivity contribution in [2.24, 2.45) is 11.7 Å². The average Bonchev–Trinajstić information content (AvgIpc) is 3.28. The number of carbonyl (C=O) groups excluding carboxylic acids is 1. The second-order valence-corrected chi connectivity index (χ2v) is 8.00. The molecular formula is C21H26FN9O3. The van der Waals surface area contributed by atoms with E-state index in [-0.39, 0.29) is 23.1 Å². The van der Waals surface area contributed by atoms with Crippen molar-refractivity contribution in [2.75, 3.05) is 10.6 Å². The summed E-state index contributed by atoms with van der Waals surface area (Å²) in [7, 11) is 0. The third-order valence-electron chi connectivity index (χ3n) is 5.11. The molecule has 13 heteroatoms.